The number of hydrogen-bond acceptors (Lipinski definition) is 7. The van der Waals surface area contributed by atoms with E-state index >= 15 is 0 Å². The van der Waals surface area contributed by atoms with Crippen molar-refractivity contribution in [3.05, 3.63) is 24.2 Å². The molecule has 2 aliphatic heterocycles. The number of carbonyl (C=O) groups excluding carboxylic acids is 1. The number of carbonyl (C=O) groups is 1. The van der Waals surface area contributed by atoms with Crippen LogP contribution in [0.4, 0.5) is 20.3 Å². The van der Waals surface area contributed by atoms with Crippen LogP contribution in [-0.2, 0) is 17.9 Å². The largest absolute Gasteiger partial charge is 0.344 e. The number of aromatic nitrogens is 4. The third-order valence-corrected chi connectivity index (χ3v) is 6.20. The highest BCUT2D eigenvalue weighted by Gasteiger charge is 2.26. The van der Waals surface area contributed by atoms with Crippen LogP contribution in [0.1, 0.15) is 24.8 Å². The highest BCUT2D eigenvalue weighted by Crippen LogP contribution is 2.25. The van der Waals surface area contributed by atoms with E-state index in [0.717, 1.165) is 43.1 Å². The number of piperidine rings is 1. The van der Waals surface area contributed by atoms with Gasteiger partial charge in [-0.15, -0.1) is 0 Å². The molecule has 174 valence electrons. The molecule has 32 heavy (non-hydrogen) atoms. The van der Waals surface area contributed by atoms with Gasteiger partial charge in [-0.1, -0.05) is 0 Å². The number of likely N-dealkylation sites (tertiary alicyclic amines) is 1. The summed E-state index contributed by atoms with van der Waals surface area (Å²) in [5.41, 5.74) is 1.49. The third kappa shape index (κ3) is 5.59. The van der Waals surface area contributed by atoms with Gasteiger partial charge in [0.25, 0.3) is 6.43 Å². The Hall–Kier alpha value is -2.63. The van der Waals surface area contributed by atoms with Crippen molar-refractivity contribution >= 4 is 35.4 Å². The Morgan fingerprint density at radius 3 is 3.06 bits per heavy atom. The van der Waals surface area contributed by atoms with Gasteiger partial charge in [0, 0.05) is 44.2 Å². The van der Waals surface area contributed by atoms with Gasteiger partial charge >= 0.3 is 0 Å². The molecule has 0 spiro atoms. The minimum absolute atomic E-state index is 0.230. The number of alkyl halides is 2. The monoisotopic (exact) mass is 466 g/mol. The molecule has 0 bridgehead atoms. The number of thioether (sulfide) groups is 1. The second-order valence-corrected chi connectivity index (χ2v) is 9.02. The number of anilines is 2. The molecular formula is C20H28F2N8OS. The second kappa shape index (κ2) is 10.3. The van der Waals surface area contributed by atoms with Crippen molar-refractivity contribution in [2.24, 2.45) is 10.9 Å². The summed E-state index contributed by atoms with van der Waals surface area (Å²) < 4.78 is 28.2. The summed E-state index contributed by atoms with van der Waals surface area (Å²) in [6.07, 6.45) is 8.28. The highest BCUT2D eigenvalue weighted by molar-refractivity contribution is 7.98. The Morgan fingerprint density at radius 2 is 2.25 bits per heavy atom. The molecular weight excluding hydrogens is 438 g/mol. The van der Waals surface area contributed by atoms with Gasteiger partial charge in [0.1, 0.15) is 12.4 Å². The topological polar surface area (TPSA) is 92.4 Å². The van der Waals surface area contributed by atoms with Crippen LogP contribution in [0.3, 0.4) is 0 Å². The Bertz CT molecular complexity index is 946. The average Bonchev–Trinajstić information content (AvgIpc) is 3.38. The van der Waals surface area contributed by atoms with Crippen LogP contribution in [0.2, 0.25) is 0 Å². The van der Waals surface area contributed by atoms with E-state index in [0.29, 0.717) is 24.6 Å². The molecule has 1 amide bonds. The molecule has 4 rings (SSSR count). The van der Waals surface area contributed by atoms with Crippen molar-refractivity contribution < 1.29 is 13.6 Å². The molecule has 2 unspecified atom stereocenters. The van der Waals surface area contributed by atoms with Crippen molar-refractivity contribution in [1.82, 2.24) is 24.5 Å². The van der Waals surface area contributed by atoms with Crippen LogP contribution in [0, 0.1) is 5.92 Å². The molecule has 1 saturated heterocycles. The number of aliphatic imine (C=N–C) groups is 1. The number of halogens is 2. The fraction of sp³-hybridized carbons (Fsp3) is 0.600. The molecule has 9 nitrogen and oxygen atoms in total. The molecule has 2 atom stereocenters. The predicted octanol–water partition coefficient (Wildman–Crippen LogP) is 2.58. The van der Waals surface area contributed by atoms with Crippen LogP contribution in [0.15, 0.2) is 23.6 Å². The maximum atomic E-state index is 12.5. The van der Waals surface area contributed by atoms with Crippen molar-refractivity contribution in [1.29, 1.82) is 0 Å². The second-order valence-electron chi connectivity index (χ2n) is 8.03. The molecule has 0 aromatic carbocycles. The van der Waals surface area contributed by atoms with Gasteiger partial charge in [-0.2, -0.15) is 22.0 Å². The summed E-state index contributed by atoms with van der Waals surface area (Å²) in [5, 5.41) is 14.9. The SMILES string of the molecule is CSCCC(=O)N1CCCC(Cn2ncc3c2NC(Nc2cnn(CC(F)F)c2)N=C3)C1. The Kier molecular flexibility index (Phi) is 7.28. The first kappa shape index (κ1) is 22.6. The van der Waals surface area contributed by atoms with E-state index in [1.54, 1.807) is 24.2 Å². The fourth-order valence-corrected chi connectivity index (χ4v) is 4.43. The van der Waals surface area contributed by atoms with E-state index in [2.05, 4.69) is 25.8 Å². The lowest BCUT2D eigenvalue weighted by Crippen LogP contribution is -2.41. The molecule has 2 N–H and O–H groups in total. The normalized spacial score (nSPS) is 20.3. The Labute approximate surface area is 189 Å². The zero-order chi connectivity index (χ0) is 22.5. The molecule has 0 aliphatic carbocycles. The molecule has 0 radical (unpaired) electrons. The molecule has 2 aromatic rings. The first-order valence-electron chi connectivity index (χ1n) is 10.7. The summed E-state index contributed by atoms with van der Waals surface area (Å²) in [6.45, 7) is 1.84. The van der Waals surface area contributed by atoms with Gasteiger partial charge in [-0.05, 0) is 25.0 Å². The van der Waals surface area contributed by atoms with Gasteiger partial charge in [0.15, 0.2) is 6.29 Å². The van der Waals surface area contributed by atoms with Gasteiger partial charge in [-0.3, -0.25) is 9.48 Å². The van der Waals surface area contributed by atoms with E-state index in [9.17, 15) is 13.6 Å². The molecule has 2 aliphatic rings. The lowest BCUT2D eigenvalue weighted by atomic mass is 9.98. The molecule has 12 heteroatoms. The lowest BCUT2D eigenvalue weighted by Gasteiger charge is -2.33. The smallest absolute Gasteiger partial charge is 0.257 e. The van der Waals surface area contributed by atoms with Gasteiger partial charge < -0.3 is 15.5 Å². The quantitative estimate of drug-likeness (QED) is 0.590. The first-order valence-corrected chi connectivity index (χ1v) is 12.1. The predicted molar refractivity (Wildman–Crippen MR) is 121 cm³/mol. The van der Waals surface area contributed by atoms with E-state index < -0.39 is 19.3 Å². The van der Waals surface area contributed by atoms with E-state index in [4.69, 9.17) is 0 Å². The minimum atomic E-state index is -2.46. The average molecular weight is 467 g/mol. The Balaban J connectivity index is 1.36. The number of fused-ring (bicyclic) bond motifs is 1. The zero-order valence-electron chi connectivity index (χ0n) is 18.0. The first-order chi connectivity index (χ1) is 15.5. The summed E-state index contributed by atoms with van der Waals surface area (Å²) in [7, 11) is 0. The molecule has 0 saturated carbocycles. The lowest BCUT2D eigenvalue weighted by molar-refractivity contribution is -0.132. The summed E-state index contributed by atoms with van der Waals surface area (Å²) in [5.74, 6) is 2.27. The van der Waals surface area contributed by atoms with Crippen LogP contribution in [0.25, 0.3) is 0 Å². The van der Waals surface area contributed by atoms with Crippen molar-refractivity contribution in [2.75, 3.05) is 35.7 Å². The van der Waals surface area contributed by atoms with Crippen molar-refractivity contribution in [3.63, 3.8) is 0 Å². The van der Waals surface area contributed by atoms with Crippen molar-refractivity contribution in [2.45, 2.75) is 45.1 Å². The van der Waals surface area contributed by atoms with Crippen LogP contribution >= 0.6 is 11.8 Å². The van der Waals surface area contributed by atoms with Crippen LogP contribution in [0.5, 0.6) is 0 Å². The van der Waals surface area contributed by atoms with E-state index in [-0.39, 0.29) is 5.91 Å². The summed E-state index contributed by atoms with van der Waals surface area (Å²) in [6, 6.07) is 0. The van der Waals surface area contributed by atoms with Gasteiger partial charge in [-0.25, -0.2) is 18.5 Å². The van der Waals surface area contributed by atoms with Crippen LogP contribution < -0.4 is 10.6 Å². The zero-order valence-corrected chi connectivity index (χ0v) is 18.8. The molecule has 1 fully saturated rings. The van der Waals surface area contributed by atoms with Gasteiger partial charge in [0.05, 0.1) is 23.6 Å². The number of nitrogens with zero attached hydrogens (tertiary/aromatic N) is 6. The fourth-order valence-electron chi connectivity index (χ4n) is 4.06. The van der Waals surface area contributed by atoms with E-state index in [1.807, 2.05) is 15.8 Å². The highest BCUT2D eigenvalue weighted by atomic mass is 32.2. The molecule has 4 heterocycles. The summed E-state index contributed by atoms with van der Waals surface area (Å²) >= 11 is 1.69. The van der Waals surface area contributed by atoms with E-state index in [1.165, 1.54) is 17.1 Å². The molecule has 2 aromatic heterocycles. The number of nitrogens with one attached hydrogen (secondary N) is 2. The number of amides is 1. The number of rotatable bonds is 9. The van der Waals surface area contributed by atoms with Crippen molar-refractivity contribution in [3.8, 4) is 0 Å². The standard InChI is InChI=1S/C20H28F2N8OS/c1-32-6-4-18(31)28-5-2-3-14(10-28)11-30-19-15(8-25-30)7-23-20(27-19)26-16-9-24-29(12-16)13-17(21)22/h7-9,12,14,17,20,26-27H,2-6,10-11,13H2,1H3. The summed E-state index contributed by atoms with van der Waals surface area (Å²) in [4.78, 5) is 18.8. The maximum Gasteiger partial charge on any atom is 0.257 e. The third-order valence-electron chi connectivity index (χ3n) is 5.59. The number of hydrogen-bond donors (Lipinski definition) is 2. The maximum absolute atomic E-state index is 12.5. The Morgan fingerprint density at radius 1 is 1.38 bits per heavy atom. The van der Waals surface area contributed by atoms with Gasteiger partial charge in [0.2, 0.25) is 5.91 Å². The minimum Gasteiger partial charge on any atom is -0.344 e. The van der Waals surface area contributed by atoms with Crippen LogP contribution in [-0.4, -0.2) is 74.4 Å².